The lowest BCUT2D eigenvalue weighted by molar-refractivity contribution is -0.209. The van der Waals surface area contributed by atoms with Gasteiger partial charge < -0.3 is 14.2 Å². The van der Waals surface area contributed by atoms with Crippen LogP contribution >= 0.6 is 0 Å². The Morgan fingerprint density at radius 3 is 2.16 bits per heavy atom. The van der Waals surface area contributed by atoms with Crippen LogP contribution in [0.2, 0.25) is 0 Å². The number of esters is 3. The van der Waals surface area contributed by atoms with Crippen LogP contribution in [0.15, 0.2) is 0 Å². The van der Waals surface area contributed by atoms with Crippen molar-refractivity contribution in [2.75, 3.05) is 0 Å². The minimum absolute atomic E-state index is 0.000374. The lowest BCUT2D eigenvalue weighted by Gasteiger charge is -2.62. The molecular weight excluding hydrogens is 412 g/mol. The third-order valence-corrected chi connectivity index (χ3v) is 9.32. The van der Waals surface area contributed by atoms with Gasteiger partial charge in [-0.25, -0.2) is 0 Å². The zero-order valence-electron chi connectivity index (χ0n) is 19.8. The van der Waals surface area contributed by atoms with E-state index in [4.69, 9.17) is 14.2 Å². The van der Waals surface area contributed by atoms with E-state index in [0.29, 0.717) is 12.8 Å². The molecule has 0 saturated heterocycles. The zero-order chi connectivity index (χ0) is 23.4. The first-order valence-corrected chi connectivity index (χ1v) is 12.0. The molecule has 0 aromatic heterocycles. The van der Waals surface area contributed by atoms with E-state index >= 15 is 0 Å². The van der Waals surface area contributed by atoms with Gasteiger partial charge in [-0.2, -0.15) is 0 Å². The standard InChI is InChI=1S/C25H36O7/c1-13(26)30-17-10-16-6-7-18-19(25(16,5)22(11-17)32-15(3)28)8-9-24(4)21(29)12-20(23(18)24)31-14(2)27/h16-20,22-23H,6-12H2,1-5H3/t16-,17-,18?,19?,20-,22?,23?,24?,25?/m0/s1. The predicted octanol–water partition coefficient (Wildman–Crippen LogP) is 3.61. The molecule has 4 saturated carbocycles. The van der Waals surface area contributed by atoms with Crippen molar-refractivity contribution in [3.63, 3.8) is 0 Å². The second-order valence-electron chi connectivity index (χ2n) is 11.0. The van der Waals surface area contributed by atoms with Gasteiger partial charge in [-0.15, -0.1) is 0 Å². The summed E-state index contributed by atoms with van der Waals surface area (Å²) in [5.74, 6) is -0.0196. The van der Waals surface area contributed by atoms with E-state index in [1.54, 1.807) is 0 Å². The van der Waals surface area contributed by atoms with Crippen molar-refractivity contribution in [1.29, 1.82) is 0 Å². The van der Waals surface area contributed by atoms with Crippen LogP contribution in [-0.4, -0.2) is 42.0 Å². The van der Waals surface area contributed by atoms with Crippen LogP contribution in [0.25, 0.3) is 0 Å². The third-order valence-electron chi connectivity index (χ3n) is 9.32. The topological polar surface area (TPSA) is 96.0 Å². The predicted molar refractivity (Wildman–Crippen MR) is 114 cm³/mol. The molecule has 7 nitrogen and oxygen atoms in total. The smallest absolute Gasteiger partial charge is 0.302 e. The van der Waals surface area contributed by atoms with Crippen molar-refractivity contribution in [2.45, 2.75) is 97.9 Å². The summed E-state index contributed by atoms with van der Waals surface area (Å²) in [6, 6.07) is 0. The number of fused-ring (bicyclic) bond motifs is 5. The largest absolute Gasteiger partial charge is 0.462 e. The molecule has 0 N–H and O–H groups in total. The Kier molecular flexibility index (Phi) is 5.91. The van der Waals surface area contributed by atoms with Crippen LogP contribution in [-0.2, 0) is 33.4 Å². The molecule has 9 atom stereocenters. The minimum Gasteiger partial charge on any atom is -0.462 e. The molecule has 0 radical (unpaired) electrons. The van der Waals surface area contributed by atoms with Crippen LogP contribution in [0.4, 0.5) is 0 Å². The van der Waals surface area contributed by atoms with Crippen LogP contribution in [0, 0.1) is 34.5 Å². The summed E-state index contributed by atoms with van der Waals surface area (Å²) < 4.78 is 17.1. The molecule has 0 bridgehead atoms. The Balaban J connectivity index is 1.68. The van der Waals surface area contributed by atoms with Crippen molar-refractivity contribution in [2.24, 2.45) is 34.5 Å². The number of carbonyl (C=O) groups excluding carboxylic acids is 4. The van der Waals surface area contributed by atoms with E-state index in [1.807, 2.05) is 0 Å². The van der Waals surface area contributed by atoms with Crippen LogP contribution in [0.1, 0.15) is 79.6 Å². The lowest BCUT2D eigenvalue weighted by atomic mass is 9.44. The molecule has 0 amide bonds. The highest BCUT2D eigenvalue weighted by Crippen LogP contribution is 2.66. The summed E-state index contributed by atoms with van der Waals surface area (Å²) in [6.45, 7) is 8.53. The molecule has 0 heterocycles. The fraction of sp³-hybridized carbons (Fsp3) is 0.840. The zero-order valence-corrected chi connectivity index (χ0v) is 19.8. The number of ketones is 1. The Morgan fingerprint density at radius 2 is 1.53 bits per heavy atom. The van der Waals surface area contributed by atoms with Crippen LogP contribution < -0.4 is 0 Å². The molecule has 7 heteroatoms. The van der Waals surface area contributed by atoms with E-state index in [1.165, 1.54) is 20.8 Å². The summed E-state index contributed by atoms with van der Waals surface area (Å²) in [7, 11) is 0. The van der Waals surface area contributed by atoms with Gasteiger partial charge in [0.25, 0.3) is 0 Å². The maximum absolute atomic E-state index is 13.0. The van der Waals surface area contributed by atoms with E-state index in [9.17, 15) is 19.2 Å². The van der Waals surface area contributed by atoms with Gasteiger partial charge in [0, 0.05) is 50.4 Å². The van der Waals surface area contributed by atoms with E-state index in [2.05, 4.69) is 13.8 Å². The fourth-order valence-corrected chi connectivity index (χ4v) is 8.09. The lowest BCUT2D eigenvalue weighted by Crippen LogP contribution is -2.61. The highest BCUT2D eigenvalue weighted by atomic mass is 16.6. The Labute approximate surface area is 189 Å². The summed E-state index contributed by atoms with van der Waals surface area (Å²) >= 11 is 0. The molecule has 0 aromatic rings. The van der Waals surface area contributed by atoms with Crippen LogP contribution in [0.5, 0.6) is 0 Å². The van der Waals surface area contributed by atoms with Crippen molar-refractivity contribution in [3.05, 3.63) is 0 Å². The molecule has 4 aliphatic carbocycles. The number of ether oxygens (including phenoxy) is 3. The first-order chi connectivity index (χ1) is 15.0. The van der Waals surface area contributed by atoms with Gasteiger partial charge in [0.2, 0.25) is 0 Å². The summed E-state index contributed by atoms with van der Waals surface area (Å²) in [6.07, 6.45) is 4.11. The quantitative estimate of drug-likeness (QED) is 0.481. The van der Waals surface area contributed by atoms with Gasteiger partial charge in [0.1, 0.15) is 24.1 Å². The molecule has 0 aliphatic heterocycles. The first-order valence-electron chi connectivity index (χ1n) is 12.0. The molecule has 0 aromatic carbocycles. The van der Waals surface area contributed by atoms with Gasteiger partial charge >= 0.3 is 17.9 Å². The summed E-state index contributed by atoms with van der Waals surface area (Å²) in [4.78, 5) is 48.5. The molecule has 4 aliphatic rings. The van der Waals surface area contributed by atoms with Gasteiger partial charge in [-0.3, -0.25) is 19.2 Å². The SMILES string of the molecule is CC(=O)OC1C[C@@H](OC(C)=O)C[C@@H]2CCC3C4[C@@H](OC(C)=O)CC(=O)C4(C)CCC3C12C. The molecule has 178 valence electrons. The van der Waals surface area contributed by atoms with Crippen molar-refractivity contribution in [1.82, 2.24) is 0 Å². The molecule has 6 unspecified atom stereocenters. The van der Waals surface area contributed by atoms with Crippen LogP contribution in [0.3, 0.4) is 0 Å². The maximum Gasteiger partial charge on any atom is 0.302 e. The highest BCUT2D eigenvalue weighted by Gasteiger charge is 2.66. The van der Waals surface area contributed by atoms with Crippen molar-refractivity contribution < 1.29 is 33.4 Å². The van der Waals surface area contributed by atoms with Crippen molar-refractivity contribution in [3.8, 4) is 0 Å². The molecular formula is C25H36O7. The monoisotopic (exact) mass is 448 g/mol. The molecule has 0 spiro atoms. The Hall–Kier alpha value is -1.92. The van der Waals surface area contributed by atoms with Gasteiger partial charge in [0.15, 0.2) is 0 Å². The number of hydrogen-bond donors (Lipinski definition) is 0. The Morgan fingerprint density at radius 1 is 0.875 bits per heavy atom. The van der Waals surface area contributed by atoms with Gasteiger partial charge in [0.05, 0.1) is 0 Å². The van der Waals surface area contributed by atoms with Gasteiger partial charge in [-0.05, 0) is 49.9 Å². The molecule has 4 fully saturated rings. The number of rotatable bonds is 3. The molecule has 4 rings (SSSR count). The average Bonchev–Trinajstić information content (AvgIpc) is 2.91. The van der Waals surface area contributed by atoms with Crippen molar-refractivity contribution >= 4 is 23.7 Å². The first kappa shape index (κ1) is 23.2. The number of Topliss-reactive ketones (excluding diaryl/α,β-unsaturated/α-hetero) is 1. The van der Waals surface area contributed by atoms with E-state index in [-0.39, 0.29) is 71.1 Å². The second kappa shape index (κ2) is 8.14. The second-order valence-corrected chi connectivity index (χ2v) is 11.0. The Bertz CT molecular complexity index is 821. The number of hydrogen-bond acceptors (Lipinski definition) is 7. The van der Waals surface area contributed by atoms with E-state index < -0.39 is 5.41 Å². The maximum atomic E-state index is 13.0. The van der Waals surface area contributed by atoms with E-state index in [0.717, 1.165) is 32.1 Å². The number of carbonyl (C=O) groups is 4. The van der Waals surface area contributed by atoms with Gasteiger partial charge in [-0.1, -0.05) is 13.8 Å². The highest BCUT2D eigenvalue weighted by molar-refractivity contribution is 5.88. The molecule has 32 heavy (non-hydrogen) atoms. The summed E-state index contributed by atoms with van der Waals surface area (Å²) in [5.41, 5.74) is -0.727. The minimum atomic E-state index is -0.462. The average molecular weight is 449 g/mol. The fourth-order valence-electron chi connectivity index (χ4n) is 8.09. The third kappa shape index (κ3) is 3.65. The normalized spacial score (nSPS) is 45.2. The summed E-state index contributed by atoms with van der Waals surface area (Å²) in [5, 5.41) is 0.